The van der Waals surface area contributed by atoms with Crippen molar-refractivity contribution < 1.29 is 4.79 Å². The molecule has 0 spiro atoms. The highest BCUT2D eigenvalue weighted by Gasteiger charge is 2.10. The summed E-state index contributed by atoms with van der Waals surface area (Å²) < 4.78 is 0. The minimum Gasteiger partial charge on any atom is -0.327 e. The molecule has 5 nitrogen and oxygen atoms in total. The first kappa shape index (κ1) is 12.1. The Bertz CT molecular complexity index is 326. The fourth-order valence-corrected chi connectivity index (χ4v) is 1.84. The predicted molar refractivity (Wildman–Crippen MR) is 60.8 cm³/mol. The van der Waals surface area contributed by atoms with Gasteiger partial charge in [0.25, 0.3) is 0 Å². The molecular weight excluding hydrogens is 212 g/mol. The molecule has 0 radical (unpaired) electrons. The summed E-state index contributed by atoms with van der Waals surface area (Å²) >= 11 is 1.36. The topological polar surface area (TPSA) is 80.9 Å². The van der Waals surface area contributed by atoms with E-state index in [9.17, 15) is 4.79 Å². The van der Waals surface area contributed by atoms with Crippen LogP contribution >= 0.6 is 11.3 Å². The van der Waals surface area contributed by atoms with Crippen LogP contribution in [0.25, 0.3) is 0 Å². The molecule has 0 fully saturated rings. The molecule has 0 aromatic carbocycles. The summed E-state index contributed by atoms with van der Waals surface area (Å²) in [5.41, 5.74) is 5.75. The van der Waals surface area contributed by atoms with E-state index in [2.05, 4.69) is 15.5 Å². The van der Waals surface area contributed by atoms with Gasteiger partial charge < -0.3 is 11.1 Å². The molecular formula is C9H16N4OS. The lowest BCUT2D eigenvalue weighted by Crippen LogP contribution is -2.26. The molecule has 15 heavy (non-hydrogen) atoms. The third kappa shape index (κ3) is 4.35. The number of amides is 1. The summed E-state index contributed by atoms with van der Waals surface area (Å²) in [4.78, 5) is 11.5. The SMILES string of the molecule is CCCC(N)CC(=O)Nc1nnc(C)s1. The number of carbonyl (C=O) groups excluding carboxylic acids is 1. The van der Waals surface area contributed by atoms with Crippen LogP contribution in [0.15, 0.2) is 0 Å². The monoisotopic (exact) mass is 228 g/mol. The lowest BCUT2D eigenvalue weighted by Gasteiger charge is -2.08. The van der Waals surface area contributed by atoms with Gasteiger partial charge in [0, 0.05) is 12.5 Å². The van der Waals surface area contributed by atoms with Crippen molar-refractivity contribution in [3.05, 3.63) is 5.01 Å². The Kier molecular flexibility index (Phi) is 4.64. The molecule has 3 N–H and O–H groups in total. The Morgan fingerprint density at radius 2 is 2.33 bits per heavy atom. The van der Waals surface area contributed by atoms with Gasteiger partial charge in [-0.2, -0.15) is 0 Å². The first-order valence-electron chi connectivity index (χ1n) is 4.97. The average molecular weight is 228 g/mol. The molecule has 1 rings (SSSR count). The number of aromatic nitrogens is 2. The molecule has 0 saturated carbocycles. The molecule has 6 heteroatoms. The van der Waals surface area contributed by atoms with Crippen molar-refractivity contribution >= 4 is 22.4 Å². The van der Waals surface area contributed by atoms with Gasteiger partial charge in [0.05, 0.1) is 0 Å². The van der Waals surface area contributed by atoms with Gasteiger partial charge in [0.2, 0.25) is 11.0 Å². The minimum atomic E-state index is -0.0906. The van der Waals surface area contributed by atoms with Gasteiger partial charge in [0.15, 0.2) is 0 Å². The van der Waals surface area contributed by atoms with Crippen LogP contribution in [0.1, 0.15) is 31.2 Å². The van der Waals surface area contributed by atoms with E-state index in [-0.39, 0.29) is 11.9 Å². The Morgan fingerprint density at radius 1 is 1.60 bits per heavy atom. The summed E-state index contributed by atoms with van der Waals surface area (Å²) in [5.74, 6) is -0.0906. The number of aryl methyl sites for hydroxylation is 1. The highest BCUT2D eigenvalue weighted by Crippen LogP contribution is 2.14. The van der Waals surface area contributed by atoms with Gasteiger partial charge in [-0.25, -0.2) is 0 Å². The molecule has 1 unspecified atom stereocenters. The summed E-state index contributed by atoms with van der Waals surface area (Å²) in [6.45, 7) is 3.89. The van der Waals surface area contributed by atoms with E-state index >= 15 is 0 Å². The fraction of sp³-hybridized carbons (Fsp3) is 0.667. The van der Waals surface area contributed by atoms with Crippen LogP contribution in [0, 0.1) is 6.92 Å². The second kappa shape index (κ2) is 5.77. The van der Waals surface area contributed by atoms with Crippen LogP contribution in [0.5, 0.6) is 0 Å². The number of nitrogens with two attached hydrogens (primary N) is 1. The van der Waals surface area contributed by atoms with E-state index in [1.54, 1.807) is 0 Å². The molecule has 84 valence electrons. The van der Waals surface area contributed by atoms with Gasteiger partial charge in [-0.15, -0.1) is 10.2 Å². The maximum atomic E-state index is 11.5. The summed E-state index contributed by atoms with van der Waals surface area (Å²) in [5, 5.41) is 11.7. The van der Waals surface area contributed by atoms with Crippen molar-refractivity contribution in [1.29, 1.82) is 0 Å². The third-order valence-corrected chi connectivity index (χ3v) is 2.63. The van der Waals surface area contributed by atoms with Crippen LogP contribution in [0.2, 0.25) is 0 Å². The highest BCUT2D eigenvalue weighted by atomic mass is 32.1. The predicted octanol–water partition coefficient (Wildman–Crippen LogP) is 1.30. The standard InChI is InChI=1S/C9H16N4OS/c1-3-4-7(10)5-8(14)11-9-13-12-6(2)15-9/h7H,3-5,10H2,1-2H3,(H,11,13,14). The van der Waals surface area contributed by atoms with Crippen molar-refractivity contribution in [1.82, 2.24) is 10.2 Å². The van der Waals surface area contributed by atoms with E-state index in [4.69, 9.17) is 5.73 Å². The smallest absolute Gasteiger partial charge is 0.227 e. The fourth-order valence-electron chi connectivity index (χ4n) is 1.23. The van der Waals surface area contributed by atoms with Gasteiger partial charge >= 0.3 is 0 Å². The normalized spacial score (nSPS) is 12.5. The molecule has 0 aliphatic rings. The Labute approximate surface area is 93.1 Å². The summed E-state index contributed by atoms with van der Waals surface area (Å²) in [6.07, 6.45) is 2.20. The van der Waals surface area contributed by atoms with Crippen LogP contribution < -0.4 is 11.1 Å². The molecule has 1 amide bonds. The molecule has 1 atom stereocenters. The lowest BCUT2D eigenvalue weighted by atomic mass is 10.1. The van der Waals surface area contributed by atoms with E-state index in [0.29, 0.717) is 11.6 Å². The molecule has 0 bridgehead atoms. The minimum absolute atomic E-state index is 0.0657. The molecule has 0 aliphatic heterocycles. The lowest BCUT2D eigenvalue weighted by molar-refractivity contribution is -0.116. The average Bonchev–Trinajstić information content (AvgIpc) is 2.51. The maximum Gasteiger partial charge on any atom is 0.227 e. The van der Waals surface area contributed by atoms with Crippen LogP contribution in [-0.4, -0.2) is 22.1 Å². The zero-order chi connectivity index (χ0) is 11.3. The van der Waals surface area contributed by atoms with Crippen molar-refractivity contribution in [2.24, 2.45) is 5.73 Å². The Hall–Kier alpha value is -1.01. The largest absolute Gasteiger partial charge is 0.327 e. The Morgan fingerprint density at radius 3 is 2.87 bits per heavy atom. The third-order valence-electron chi connectivity index (χ3n) is 1.88. The van der Waals surface area contributed by atoms with Crippen molar-refractivity contribution in [3.8, 4) is 0 Å². The van der Waals surface area contributed by atoms with E-state index in [1.807, 2.05) is 13.8 Å². The molecule has 1 aromatic heterocycles. The van der Waals surface area contributed by atoms with Crippen molar-refractivity contribution in [2.45, 2.75) is 39.2 Å². The van der Waals surface area contributed by atoms with Crippen LogP contribution in [0.4, 0.5) is 5.13 Å². The number of nitrogens with one attached hydrogen (secondary N) is 1. The number of nitrogens with zero attached hydrogens (tertiary/aromatic N) is 2. The second-order valence-corrected chi connectivity index (χ2v) is 4.61. The quantitative estimate of drug-likeness (QED) is 0.796. The van der Waals surface area contributed by atoms with Gasteiger partial charge in [-0.1, -0.05) is 24.7 Å². The van der Waals surface area contributed by atoms with Crippen molar-refractivity contribution in [3.63, 3.8) is 0 Å². The zero-order valence-electron chi connectivity index (χ0n) is 8.99. The molecule has 0 saturated heterocycles. The zero-order valence-corrected chi connectivity index (χ0v) is 9.80. The van der Waals surface area contributed by atoms with Crippen LogP contribution in [0.3, 0.4) is 0 Å². The highest BCUT2D eigenvalue weighted by molar-refractivity contribution is 7.15. The van der Waals surface area contributed by atoms with Gasteiger partial charge in [-0.3, -0.25) is 4.79 Å². The van der Waals surface area contributed by atoms with E-state index < -0.39 is 0 Å². The number of carbonyl (C=O) groups is 1. The molecule has 0 aliphatic carbocycles. The van der Waals surface area contributed by atoms with Gasteiger partial charge in [-0.05, 0) is 13.3 Å². The number of rotatable bonds is 5. The van der Waals surface area contributed by atoms with Gasteiger partial charge in [0.1, 0.15) is 5.01 Å². The van der Waals surface area contributed by atoms with Crippen molar-refractivity contribution in [2.75, 3.05) is 5.32 Å². The van der Waals surface area contributed by atoms with E-state index in [0.717, 1.165) is 17.8 Å². The van der Waals surface area contributed by atoms with E-state index in [1.165, 1.54) is 11.3 Å². The molecule has 1 heterocycles. The Balaban J connectivity index is 2.36. The summed E-state index contributed by atoms with van der Waals surface area (Å²) in [7, 11) is 0. The molecule has 1 aromatic rings. The summed E-state index contributed by atoms with van der Waals surface area (Å²) in [6, 6.07) is -0.0657. The van der Waals surface area contributed by atoms with Crippen LogP contribution in [-0.2, 0) is 4.79 Å². The first-order valence-corrected chi connectivity index (χ1v) is 5.79. The number of hydrogen-bond acceptors (Lipinski definition) is 5. The first-order chi connectivity index (χ1) is 7.11. The number of hydrogen-bond donors (Lipinski definition) is 2. The number of anilines is 1. The maximum absolute atomic E-state index is 11.5. The second-order valence-electron chi connectivity index (χ2n) is 3.43.